The van der Waals surface area contributed by atoms with Gasteiger partial charge in [-0.15, -0.1) is 0 Å². The predicted molar refractivity (Wildman–Crippen MR) is 107 cm³/mol. The minimum Gasteiger partial charge on any atom is -0.299 e. The third-order valence-electron chi connectivity index (χ3n) is 5.20. The summed E-state index contributed by atoms with van der Waals surface area (Å²) in [7, 11) is -3.72. The van der Waals surface area contributed by atoms with Crippen molar-refractivity contribution in [1.82, 2.24) is 9.62 Å². The second-order valence-electron chi connectivity index (χ2n) is 7.55. The van der Waals surface area contributed by atoms with E-state index < -0.39 is 27.5 Å². The van der Waals surface area contributed by atoms with Crippen molar-refractivity contribution in [2.24, 2.45) is 0 Å². The number of rotatable bonds is 6. The molecule has 1 heterocycles. The van der Waals surface area contributed by atoms with Crippen LogP contribution in [0.3, 0.4) is 0 Å². The predicted octanol–water partition coefficient (Wildman–Crippen LogP) is 4.10. The summed E-state index contributed by atoms with van der Waals surface area (Å²) < 4.78 is 66.0. The molecule has 158 valence electrons. The summed E-state index contributed by atoms with van der Waals surface area (Å²) in [6, 6.07) is 12.5. The fraction of sp³-hybridized carbons (Fsp3) is 0.429. The smallest absolute Gasteiger partial charge is 0.299 e. The molecule has 0 atom stereocenters. The Hall–Kier alpha value is -1.90. The molecule has 0 radical (unpaired) electrons. The first-order valence-electron chi connectivity index (χ1n) is 9.55. The normalized spacial score (nSPS) is 16.8. The molecule has 1 aliphatic rings. The van der Waals surface area contributed by atoms with E-state index in [0.717, 1.165) is 31.8 Å². The van der Waals surface area contributed by atoms with Gasteiger partial charge in [-0.2, -0.15) is 13.2 Å². The highest BCUT2D eigenvalue weighted by Crippen LogP contribution is 2.30. The first-order valence-corrected chi connectivity index (χ1v) is 11.2. The van der Waals surface area contributed by atoms with Crippen LogP contribution in [-0.4, -0.2) is 32.4 Å². The molecule has 4 nitrogen and oxygen atoms in total. The van der Waals surface area contributed by atoms with E-state index in [0.29, 0.717) is 12.8 Å². The van der Waals surface area contributed by atoms with E-state index >= 15 is 0 Å². The van der Waals surface area contributed by atoms with Crippen LogP contribution in [0.1, 0.15) is 35.1 Å². The molecule has 29 heavy (non-hydrogen) atoms. The molecule has 0 saturated carbocycles. The highest BCUT2D eigenvalue weighted by molar-refractivity contribution is 7.88. The molecular weight excluding hydrogens is 401 g/mol. The van der Waals surface area contributed by atoms with Crippen molar-refractivity contribution in [3.63, 3.8) is 0 Å². The fourth-order valence-electron chi connectivity index (χ4n) is 3.59. The minimum absolute atomic E-state index is 0.129. The van der Waals surface area contributed by atoms with Crippen LogP contribution in [0.5, 0.6) is 0 Å². The highest BCUT2D eigenvalue weighted by atomic mass is 32.2. The van der Waals surface area contributed by atoms with Crippen LogP contribution in [-0.2, 0) is 28.5 Å². The van der Waals surface area contributed by atoms with Gasteiger partial charge in [0, 0.05) is 25.7 Å². The summed E-state index contributed by atoms with van der Waals surface area (Å²) in [5.41, 5.74) is 1.78. The molecule has 1 N–H and O–H groups in total. The summed E-state index contributed by atoms with van der Waals surface area (Å²) in [6.45, 7) is 4.44. The third kappa shape index (κ3) is 6.29. The molecule has 0 aromatic heterocycles. The number of sulfonamides is 1. The number of nitrogens with zero attached hydrogens (tertiary/aromatic N) is 1. The lowest BCUT2D eigenvalue weighted by Crippen LogP contribution is -2.44. The Labute approximate surface area is 169 Å². The minimum atomic E-state index is -4.49. The monoisotopic (exact) mass is 426 g/mol. The first-order chi connectivity index (χ1) is 13.6. The van der Waals surface area contributed by atoms with Crippen molar-refractivity contribution in [2.45, 2.75) is 44.3 Å². The van der Waals surface area contributed by atoms with E-state index in [-0.39, 0.29) is 11.6 Å². The summed E-state index contributed by atoms with van der Waals surface area (Å²) in [6.07, 6.45) is -3.14. The zero-order valence-corrected chi connectivity index (χ0v) is 17.1. The van der Waals surface area contributed by atoms with Crippen LogP contribution in [0.2, 0.25) is 0 Å². The Balaban J connectivity index is 1.54. The van der Waals surface area contributed by atoms with Gasteiger partial charge in [0.2, 0.25) is 10.0 Å². The summed E-state index contributed by atoms with van der Waals surface area (Å²) in [5.74, 6) is -0.458. The van der Waals surface area contributed by atoms with Crippen molar-refractivity contribution < 1.29 is 21.6 Å². The Morgan fingerprint density at radius 2 is 1.76 bits per heavy atom. The summed E-state index contributed by atoms with van der Waals surface area (Å²) >= 11 is 0. The van der Waals surface area contributed by atoms with Crippen LogP contribution in [0.4, 0.5) is 13.2 Å². The lowest BCUT2D eigenvalue weighted by Gasteiger charge is -2.32. The molecule has 8 heteroatoms. The molecule has 1 aliphatic heterocycles. The molecule has 1 fully saturated rings. The molecular formula is C21H25F3N2O2S. The summed E-state index contributed by atoms with van der Waals surface area (Å²) in [5, 5.41) is 0. The molecule has 0 amide bonds. The largest absolute Gasteiger partial charge is 0.416 e. The third-order valence-corrected chi connectivity index (χ3v) is 6.61. The van der Waals surface area contributed by atoms with E-state index in [4.69, 9.17) is 0 Å². The van der Waals surface area contributed by atoms with Crippen LogP contribution >= 0.6 is 0 Å². The first kappa shape index (κ1) is 21.8. The molecule has 0 unspecified atom stereocenters. The van der Waals surface area contributed by atoms with Crippen LogP contribution < -0.4 is 4.72 Å². The standard InChI is InChI=1S/C21H25F3N2O2S/c1-16-5-2-3-7-18(16)14-26-11-9-20(10-12-26)25-29(27,28)15-17-6-4-8-19(13-17)21(22,23)24/h2-8,13,20,25H,9-12,14-15H2,1H3. The lowest BCUT2D eigenvalue weighted by molar-refractivity contribution is -0.137. The van der Waals surface area contributed by atoms with Gasteiger partial charge in [0.1, 0.15) is 0 Å². The number of nitrogens with one attached hydrogen (secondary N) is 1. The number of halogens is 3. The van der Waals surface area contributed by atoms with E-state index in [1.54, 1.807) is 0 Å². The van der Waals surface area contributed by atoms with E-state index in [1.165, 1.54) is 23.3 Å². The number of piperidine rings is 1. The number of hydrogen-bond donors (Lipinski definition) is 1. The molecule has 2 aromatic carbocycles. The van der Waals surface area contributed by atoms with Crippen molar-refractivity contribution in [2.75, 3.05) is 13.1 Å². The van der Waals surface area contributed by atoms with Gasteiger partial charge in [0.25, 0.3) is 0 Å². The average molecular weight is 427 g/mol. The SMILES string of the molecule is Cc1ccccc1CN1CCC(NS(=O)(=O)Cc2cccc(C(F)(F)F)c2)CC1. The fourth-order valence-corrected chi connectivity index (χ4v) is 5.04. The van der Waals surface area contributed by atoms with Crippen LogP contribution in [0.25, 0.3) is 0 Å². The van der Waals surface area contributed by atoms with Gasteiger partial charge in [0.05, 0.1) is 11.3 Å². The van der Waals surface area contributed by atoms with Gasteiger partial charge in [0.15, 0.2) is 0 Å². The molecule has 3 rings (SSSR count). The van der Waals surface area contributed by atoms with Gasteiger partial charge in [-0.25, -0.2) is 13.1 Å². The van der Waals surface area contributed by atoms with Gasteiger partial charge in [-0.1, -0.05) is 42.5 Å². The molecule has 0 aliphatic carbocycles. The quantitative estimate of drug-likeness (QED) is 0.757. The Morgan fingerprint density at radius 3 is 2.41 bits per heavy atom. The van der Waals surface area contributed by atoms with Gasteiger partial charge in [-0.3, -0.25) is 4.90 Å². The van der Waals surface area contributed by atoms with Gasteiger partial charge >= 0.3 is 6.18 Å². The van der Waals surface area contributed by atoms with Crippen molar-refractivity contribution in [3.05, 3.63) is 70.8 Å². The van der Waals surface area contributed by atoms with Crippen LogP contribution in [0.15, 0.2) is 48.5 Å². The zero-order chi connectivity index (χ0) is 21.1. The maximum atomic E-state index is 12.8. The molecule has 2 aromatic rings. The van der Waals surface area contributed by atoms with Gasteiger partial charge in [-0.05, 0) is 42.5 Å². The Morgan fingerprint density at radius 1 is 1.07 bits per heavy atom. The maximum Gasteiger partial charge on any atom is 0.416 e. The van der Waals surface area contributed by atoms with Crippen LogP contribution in [0, 0.1) is 6.92 Å². The van der Waals surface area contributed by atoms with Gasteiger partial charge < -0.3 is 0 Å². The van der Waals surface area contributed by atoms with Crippen molar-refractivity contribution in [3.8, 4) is 0 Å². The number of aryl methyl sites for hydroxylation is 1. The lowest BCUT2D eigenvalue weighted by atomic mass is 10.0. The Kier molecular flexibility index (Phi) is 6.65. The van der Waals surface area contributed by atoms with E-state index in [1.807, 2.05) is 12.1 Å². The molecule has 1 saturated heterocycles. The molecule has 0 bridgehead atoms. The second-order valence-corrected chi connectivity index (χ2v) is 9.31. The van der Waals surface area contributed by atoms with Crippen molar-refractivity contribution >= 4 is 10.0 Å². The second kappa shape index (κ2) is 8.85. The zero-order valence-electron chi connectivity index (χ0n) is 16.2. The molecule has 0 spiro atoms. The van der Waals surface area contributed by atoms with E-state index in [9.17, 15) is 21.6 Å². The number of likely N-dealkylation sites (tertiary alicyclic amines) is 1. The maximum absolute atomic E-state index is 12.8. The summed E-state index contributed by atoms with van der Waals surface area (Å²) in [4.78, 5) is 2.29. The number of hydrogen-bond acceptors (Lipinski definition) is 3. The number of alkyl halides is 3. The average Bonchev–Trinajstić information content (AvgIpc) is 2.64. The number of benzene rings is 2. The highest BCUT2D eigenvalue weighted by Gasteiger charge is 2.31. The topological polar surface area (TPSA) is 49.4 Å². The van der Waals surface area contributed by atoms with E-state index in [2.05, 4.69) is 28.7 Å². The van der Waals surface area contributed by atoms with Crippen molar-refractivity contribution in [1.29, 1.82) is 0 Å². The Bertz CT molecular complexity index is 937.